The molecule has 4 aromatic rings. The molecular formula is C35H37Cl2N3O5S. The van der Waals surface area contributed by atoms with Crippen molar-refractivity contribution >= 4 is 50.7 Å². The van der Waals surface area contributed by atoms with Gasteiger partial charge in [-0.1, -0.05) is 104 Å². The van der Waals surface area contributed by atoms with E-state index in [0.29, 0.717) is 17.1 Å². The smallest absolute Gasteiger partial charge is 0.264 e. The lowest BCUT2D eigenvalue weighted by molar-refractivity contribution is -0.140. The minimum absolute atomic E-state index is 0.0296. The zero-order chi connectivity index (χ0) is 33.3. The number of carbonyl (C=O) groups is 2. The van der Waals surface area contributed by atoms with Crippen molar-refractivity contribution in [1.82, 2.24) is 10.2 Å². The van der Waals surface area contributed by atoms with Crippen LogP contribution in [-0.2, 0) is 32.6 Å². The standard InChI is InChI=1S/C35H37Cl2N3O5S/c1-25(2)22-38-35(42)32(20-26-12-6-4-7-13-26)39(23-27-14-10-11-17-30(27)37)34(41)24-40(31-21-28(36)18-19-33(31)45-3)46(43,44)29-15-8-5-9-16-29/h4-19,21,25,32H,20,22-24H2,1-3H3,(H,38,42)/t32-/m0/s1. The SMILES string of the molecule is COc1ccc(Cl)cc1N(CC(=O)N(Cc1ccccc1Cl)[C@@H](Cc1ccccc1)C(=O)NCC(C)C)S(=O)(=O)c1ccccc1. The first-order valence-electron chi connectivity index (χ1n) is 14.8. The second-order valence-electron chi connectivity index (χ2n) is 11.1. The molecule has 0 fully saturated rings. The molecule has 0 aliphatic carbocycles. The van der Waals surface area contributed by atoms with E-state index in [4.69, 9.17) is 27.9 Å². The topological polar surface area (TPSA) is 96.0 Å². The highest BCUT2D eigenvalue weighted by atomic mass is 35.5. The molecule has 4 rings (SSSR count). The summed E-state index contributed by atoms with van der Waals surface area (Å²) in [6.45, 7) is 3.65. The number of anilines is 1. The van der Waals surface area contributed by atoms with E-state index in [1.54, 1.807) is 48.5 Å². The maximum Gasteiger partial charge on any atom is 0.264 e. The molecule has 242 valence electrons. The lowest BCUT2D eigenvalue weighted by atomic mass is 10.0. The molecule has 0 aliphatic heterocycles. The van der Waals surface area contributed by atoms with Gasteiger partial charge in [-0.3, -0.25) is 13.9 Å². The van der Waals surface area contributed by atoms with Crippen molar-refractivity contribution in [3.8, 4) is 5.75 Å². The molecule has 4 aromatic carbocycles. The van der Waals surface area contributed by atoms with Crippen molar-refractivity contribution in [3.63, 3.8) is 0 Å². The number of hydrogen-bond donors (Lipinski definition) is 1. The van der Waals surface area contributed by atoms with Gasteiger partial charge in [0.2, 0.25) is 11.8 Å². The van der Waals surface area contributed by atoms with E-state index in [1.807, 2.05) is 44.2 Å². The number of sulfonamides is 1. The van der Waals surface area contributed by atoms with Crippen molar-refractivity contribution in [2.24, 2.45) is 5.92 Å². The molecule has 0 heterocycles. The Balaban J connectivity index is 1.85. The number of halogens is 2. The van der Waals surface area contributed by atoms with Crippen molar-refractivity contribution < 1.29 is 22.7 Å². The van der Waals surface area contributed by atoms with Crippen molar-refractivity contribution in [2.75, 3.05) is 24.5 Å². The quantitative estimate of drug-likeness (QED) is 0.162. The zero-order valence-corrected chi connectivity index (χ0v) is 28.2. The summed E-state index contributed by atoms with van der Waals surface area (Å²) in [6, 6.07) is 27.7. The summed E-state index contributed by atoms with van der Waals surface area (Å²) >= 11 is 12.9. The highest BCUT2D eigenvalue weighted by molar-refractivity contribution is 7.92. The molecule has 0 spiro atoms. The molecule has 46 heavy (non-hydrogen) atoms. The lowest BCUT2D eigenvalue weighted by Gasteiger charge is -2.34. The molecule has 0 aliphatic rings. The van der Waals surface area contributed by atoms with Crippen LogP contribution < -0.4 is 14.4 Å². The summed E-state index contributed by atoms with van der Waals surface area (Å²) in [5, 5.41) is 3.63. The third-order valence-electron chi connectivity index (χ3n) is 7.27. The average molecular weight is 683 g/mol. The van der Waals surface area contributed by atoms with Gasteiger partial charge >= 0.3 is 0 Å². The van der Waals surface area contributed by atoms with Gasteiger partial charge in [-0.2, -0.15) is 0 Å². The first-order chi connectivity index (χ1) is 22.0. The van der Waals surface area contributed by atoms with Crippen LogP contribution in [0.25, 0.3) is 0 Å². The van der Waals surface area contributed by atoms with E-state index in [-0.39, 0.29) is 46.1 Å². The van der Waals surface area contributed by atoms with E-state index < -0.39 is 28.5 Å². The number of methoxy groups -OCH3 is 1. The second-order valence-corrected chi connectivity index (χ2v) is 13.8. The molecule has 2 amide bonds. The fourth-order valence-electron chi connectivity index (χ4n) is 4.88. The van der Waals surface area contributed by atoms with E-state index in [2.05, 4.69) is 5.32 Å². The Morgan fingerprint density at radius 1 is 0.870 bits per heavy atom. The summed E-state index contributed by atoms with van der Waals surface area (Å²) in [6.07, 6.45) is 0.187. The largest absolute Gasteiger partial charge is 0.495 e. The lowest BCUT2D eigenvalue weighted by Crippen LogP contribution is -2.53. The highest BCUT2D eigenvalue weighted by Crippen LogP contribution is 2.35. The number of nitrogens with zero attached hydrogens (tertiary/aromatic N) is 2. The number of carbonyl (C=O) groups excluding carboxylic acids is 2. The normalized spacial score (nSPS) is 12.0. The van der Waals surface area contributed by atoms with Gasteiger partial charge in [-0.05, 0) is 53.4 Å². The second kappa shape index (κ2) is 16.0. The molecule has 0 aromatic heterocycles. The average Bonchev–Trinajstić information content (AvgIpc) is 3.05. The van der Waals surface area contributed by atoms with E-state index in [0.717, 1.165) is 9.87 Å². The van der Waals surface area contributed by atoms with Gasteiger partial charge in [0.1, 0.15) is 18.3 Å². The Morgan fingerprint density at radius 3 is 2.13 bits per heavy atom. The predicted molar refractivity (Wildman–Crippen MR) is 183 cm³/mol. The van der Waals surface area contributed by atoms with Gasteiger partial charge in [0, 0.05) is 29.6 Å². The summed E-state index contributed by atoms with van der Waals surface area (Å²) < 4.78 is 34.9. The maximum atomic E-state index is 14.6. The zero-order valence-electron chi connectivity index (χ0n) is 25.9. The summed E-state index contributed by atoms with van der Waals surface area (Å²) in [7, 11) is -2.92. The van der Waals surface area contributed by atoms with Gasteiger partial charge in [-0.15, -0.1) is 0 Å². The Labute approximate surface area is 280 Å². The summed E-state index contributed by atoms with van der Waals surface area (Å²) in [4.78, 5) is 29.9. The Morgan fingerprint density at radius 2 is 1.50 bits per heavy atom. The van der Waals surface area contributed by atoms with Crippen LogP contribution in [0.2, 0.25) is 10.0 Å². The number of rotatable bonds is 14. The van der Waals surface area contributed by atoms with E-state index in [9.17, 15) is 18.0 Å². The van der Waals surface area contributed by atoms with Crippen LogP contribution in [0.4, 0.5) is 5.69 Å². The molecule has 0 radical (unpaired) electrons. The first-order valence-corrected chi connectivity index (χ1v) is 17.0. The van der Waals surface area contributed by atoms with Gasteiger partial charge < -0.3 is 15.0 Å². The molecule has 0 unspecified atom stereocenters. The van der Waals surface area contributed by atoms with Gasteiger partial charge in [0.15, 0.2) is 0 Å². The van der Waals surface area contributed by atoms with Crippen molar-refractivity contribution in [1.29, 1.82) is 0 Å². The Kier molecular flexibility index (Phi) is 12.1. The van der Waals surface area contributed by atoms with Crippen LogP contribution in [0.3, 0.4) is 0 Å². The van der Waals surface area contributed by atoms with E-state index in [1.165, 1.54) is 36.3 Å². The number of amides is 2. The molecule has 1 N–H and O–H groups in total. The van der Waals surface area contributed by atoms with Crippen LogP contribution in [-0.4, -0.2) is 51.4 Å². The number of hydrogen-bond acceptors (Lipinski definition) is 5. The number of ether oxygens (including phenoxy) is 1. The summed E-state index contributed by atoms with van der Waals surface area (Å²) in [5.74, 6) is -0.626. The fourth-order valence-corrected chi connectivity index (χ4v) is 6.68. The van der Waals surface area contributed by atoms with Crippen LogP contribution in [0, 0.1) is 5.92 Å². The molecule has 0 bridgehead atoms. The number of benzene rings is 4. The number of nitrogens with one attached hydrogen (secondary N) is 1. The van der Waals surface area contributed by atoms with Crippen molar-refractivity contribution in [3.05, 3.63) is 124 Å². The summed E-state index contributed by atoms with van der Waals surface area (Å²) in [5.41, 5.74) is 1.51. The van der Waals surface area contributed by atoms with Crippen LogP contribution in [0.15, 0.2) is 108 Å². The maximum absolute atomic E-state index is 14.6. The highest BCUT2D eigenvalue weighted by Gasteiger charge is 2.36. The monoisotopic (exact) mass is 681 g/mol. The fraction of sp³-hybridized carbons (Fsp3) is 0.257. The van der Waals surface area contributed by atoms with Crippen LogP contribution in [0.1, 0.15) is 25.0 Å². The molecular weight excluding hydrogens is 645 g/mol. The predicted octanol–water partition coefficient (Wildman–Crippen LogP) is 6.61. The Hall–Kier alpha value is -4.05. The molecule has 0 saturated carbocycles. The third kappa shape index (κ3) is 8.81. The Bertz CT molecular complexity index is 1740. The third-order valence-corrected chi connectivity index (χ3v) is 9.65. The molecule has 0 saturated heterocycles. The minimum Gasteiger partial charge on any atom is -0.495 e. The van der Waals surface area contributed by atoms with Gasteiger partial charge in [-0.25, -0.2) is 8.42 Å². The van der Waals surface area contributed by atoms with Crippen molar-refractivity contribution in [2.45, 2.75) is 37.8 Å². The van der Waals surface area contributed by atoms with Crippen LogP contribution in [0.5, 0.6) is 5.75 Å². The van der Waals surface area contributed by atoms with Crippen LogP contribution >= 0.6 is 23.2 Å². The van der Waals surface area contributed by atoms with Gasteiger partial charge in [0.05, 0.1) is 17.7 Å². The van der Waals surface area contributed by atoms with E-state index >= 15 is 0 Å². The first kappa shape index (κ1) is 34.8. The van der Waals surface area contributed by atoms with Gasteiger partial charge in [0.25, 0.3) is 10.0 Å². The molecule has 1 atom stereocenters. The molecule has 11 heteroatoms. The minimum atomic E-state index is -4.32. The molecule has 8 nitrogen and oxygen atoms in total.